The lowest BCUT2D eigenvalue weighted by Gasteiger charge is -2.40. The zero-order valence-corrected chi connectivity index (χ0v) is 20.9. The largest absolute Gasteiger partial charge is 0.334 e. The van der Waals surface area contributed by atoms with E-state index in [9.17, 15) is 0 Å². The SMILES string of the molecule is CC(C)(C)[Si](C)(C)C1=C(C(N[Si](C)(C)C)[SiH2]c2ccccc2)CC=C1. The minimum Gasteiger partial charge on any atom is -0.334 e. The summed E-state index contributed by atoms with van der Waals surface area (Å²) >= 11 is 0. The predicted octanol–water partition coefficient (Wildman–Crippen LogP) is 4.54. The summed E-state index contributed by atoms with van der Waals surface area (Å²) in [6, 6.07) is 11.2. The lowest BCUT2D eigenvalue weighted by Crippen LogP contribution is -2.54. The first-order valence-corrected chi connectivity index (χ1v) is 17.7. The molecule has 0 saturated heterocycles. The molecule has 0 aromatic heterocycles. The van der Waals surface area contributed by atoms with Gasteiger partial charge in [0, 0.05) is 5.67 Å². The number of nitrogens with one attached hydrogen (secondary N) is 1. The molecule has 0 spiro atoms. The quantitative estimate of drug-likeness (QED) is 0.707. The molecule has 1 nitrogen and oxygen atoms in total. The van der Waals surface area contributed by atoms with Crippen LogP contribution >= 0.6 is 0 Å². The molecule has 25 heavy (non-hydrogen) atoms. The molecule has 0 radical (unpaired) electrons. The van der Waals surface area contributed by atoms with Crippen LogP contribution in [0.25, 0.3) is 0 Å². The molecule has 138 valence electrons. The minimum absolute atomic E-state index is 0.389. The Hall–Kier alpha value is -0.689. The van der Waals surface area contributed by atoms with Gasteiger partial charge in [0.2, 0.25) is 0 Å². The molecule has 0 amide bonds. The molecule has 0 fully saturated rings. The average molecular weight is 388 g/mol. The fourth-order valence-electron chi connectivity index (χ4n) is 3.50. The summed E-state index contributed by atoms with van der Waals surface area (Å²) in [5.74, 6) is 0. The first-order chi connectivity index (χ1) is 11.4. The third-order valence-electron chi connectivity index (χ3n) is 5.83. The number of allylic oxidation sites excluding steroid dienone is 3. The third-order valence-corrected chi connectivity index (χ3v) is 15.1. The van der Waals surface area contributed by atoms with Crippen LogP contribution in [0.2, 0.25) is 37.8 Å². The standard InChI is InChI=1S/C21H37NSi3/c1-21(2,3)25(7,8)19-16-12-15-18(19)20(22-24(4,5)6)23-17-13-10-9-11-14-17/h9-14,16,20,22H,15,23H2,1-8H3. The summed E-state index contributed by atoms with van der Waals surface area (Å²) in [4.78, 5) is 4.13. The van der Waals surface area contributed by atoms with Crippen molar-refractivity contribution in [3.05, 3.63) is 53.3 Å². The van der Waals surface area contributed by atoms with Crippen molar-refractivity contribution in [2.75, 3.05) is 0 Å². The van der Waals surface area contributed by atoms with Crippen molar-refractivity contribution >= 4 is 31.0 Å². The molecule has 1 unspecified atom stereocenters. The van der Waals surface area contributed by atoms with Crippen LogP contribution < -0.4 is 10.2 Å². The second kappa shape index (κ2) is 7.51. The van der Waals surface area contributed by atoms with E-state index >= 15 is 0 Å². The summed E-state index contributed by atoms with van der Waals surface area (Å²) < 4.78 is 0. The van der Waals surface area contributed by atoms with Crippen LogP contribution in [0.4, 0.5) is 0 Å². The molecular formula is C21H37NSi3. The van der Waals surface area contributed by atoms with Gasteiger partial charge >= 0.3 is 0 Å². The van der Waals surface area contributed by atoms with Gasteiger partial charge in [0.05, 0.1) is 17.6 Å². The lowest BCUT2D eigenvalue weighted by atomic mass is 10.2. The van der Waals surface area contributed by atoms with E-state index in [-0.39, 0.29) is 0 Å². The van der Waals surface area contributed by atoms with Gasteiger partial charge in [0.1, 0.15) is 8.24 Å². The Balaban J connectivity index is 2.43. The van der Waals surface area contributed by atoms with Crippen LogP contribution in [-0.4, -0.2) is 31.5 Å². The van der Waals surface area contributed by atoms with Crippen molar-refractivity contribution < 1.29 is 0 Å². The number of hydrogen-bond donors (Lipinski definition) is 1. The first kappa shape index (κ1) is 20.6. The van der Waals surface area contributed by atoms with Crippen molar-refractivity contribution in [3.8, 4) is 0 Å². The molecular weight excluding hydrogens is 350 g/mol. The molecule has 0 saturated carbocycles. The maximum atomic E-state index is 4.13. The number of rotatable bonds is 6. The van der Waals surface area contributed by atoms with E-state index in [1.807, 2.05) is 0 Å². The topological polar surface area (TPSA) is 12.0 Å². The zero-order chi connectivity index (χ0) is 18.9. The summed E-state index contributed by atoms with van der Waals surface area (Å²) in [7, 11) is -3.23. The third kappa shape index (κ3) is 5.16. The number of hydrogen-bond acceptors (Lipinski definition) is 1. The van der Waals surface area contributed by atoms with E-state index in [0.29, 0.717) is 10.7 Å². The Bertz CT molecular complexity index is 646. The molecule has 0 heterocycles. The van der Waals surface area contributed by atoms with E-state index in [0.717, 1.165) is 6.42 Å². The summed E-state index contributed by atoms with van der Waals surface area (Å²) in [5.41, 5.74) is 2.33. The van der Waals surface area contributed by atoms with Crippen molar-refractivity contribution in [3.63, 3.8) is 0 Å². The van der Waals surface area contributed by atoms with E-state index < -0.39 is 25.8 Å². The highest BCUT2D eigenvalue weighted by atomic mass is 28.3. The van der Waals surface area contributed by atoms with Gasteiger partial charge in [-0.25, -0.2) is 0 Å². The van der Waals surface area contributed by atoms with Crippen LogP contribution in [0, 0.1) is 0 Å². The van der Waals surface area contributed by atoms with Gasteiger partial charge in [0.15, 0.2) is 0 Å². The fraction of sp³-hybridized carbons (Fsp3) is 0.524. The Kier molecular flexibility index (Phi) is 6.19. The van der Waals surface area contributed by atoms with Gasteiger partial charge in [-0.1, -0.05) is 112 Å². The highest BCUT2D eigenvalue weighted by Crippen LogP contribution is 2.44. The predicted molar refractivity (Wildman–Crippen MR) is 123 cm³/mol. The highest BCUT2D eigenvalue weighted by molar-refractivity contribution is 6.87. The molecule has 4 heteroatoms. The van der Waals surface area contributed by atoms with Gasteiger partial charge < -0.3 is 4.98 Å². The van der Waals surface area contributed by atoms with E-state index in [1.54, 1.807) is 16.0 Å². The summed E-state index contributed by atoms with van der Waals surface area (Å²) in [6.07, 6.45) is 6.05. The van der Waals surface area contributed by atoms with Crippen molar-refractivity contribution in [1.82, 2.24) is 4.98 Å². The van der Waals surface area contributed by atoms with Gasteiger partial charge in [-0.2, -0.15) is 0 Å². The molecule has 0 aliphatic heterocycles. The van der Waals surface area contributed by atoms with Gasteiger partial charge in [-0.05, 0) is 11.5 Å². The summed E-state index contributed by atoms with van der Waals surface area (Å²) in [5, 5.41) is 3.69. The molecule has 1 aliphatic carbocycles. The molecule has 2 rings (SSSR count). The molecule has 0 bridgehead atoms. The Labute approximate surface area is 159 Å². The monoisotopic (exact) mass is 387 g/mol. The average Bonchev–Trinajstić information content (AvgIpc) is 2.95. The normalized spacial score (nSPS) is 17.8. The smallest absolute Gasteiger partial charge is 0.116 e. The maximum Gasteiger partial charge on any atom is 0.116 e. The Morgan fingerprint density at radius 2 is 1.60 bits per heavy atom. The van der Waals surface area contributed by atoms with Crippen molar-refractivity contribution in [2.24, 2.45) is 0 Å². The van der Waals surface area contributed by atoms with E-state index in [1.165, 1.54) is 0 Å². The molecule has 1 N–H and O–H groups in total. The molecule has 1 atom stereocenters. The summed E-state index contributed by atoms with van der Waals surface area (Å²) in [6.45, 7) is 19.8. The van der Waals surface area contributed by atoms with E-state index in [2.05, 4.69) is 101 Å². The van der Waals surface area contributed by atoms with Crippen LogP contribution in [0.5, 0.6) is 0 Å². The molecule has 1 aliphatic rings. The highest BCUT2D eigenvalue weighted by Gasteiger charge is 2.41. The van der Waals surface area contributed by atoms with Crippen LogP contribution in [0.15, 0.2) is 53.3 Å². The van der Waals surface area contributed by atoms with Gasteiger partial charge in [-0.15, -0.1) is 0 Å². The van der Waals surface area contributed by atoms with Gasteiger partial charge in [-0.3, -0.25) is 0 Å². The molecule has 1 aromatic carbocycles. The second-order valence-corrected chi connectivity index (χ2v) is 22.2. The lowest BCUT2D eigenvalue weighted by molar-refractivity contribution is 0.724. The van der Waals surface area contributed by atoms with E-state index in [4.69, 9.17) is 0 Å². The zero-order valence-electron chi connectivity index (χ0n) is 17.5. The van der Waals surface area contributed by atoms with Gasteiger partial charge in [0.25, 0.3) is 0 Å². The Morgan fingerprint density at radius 1 is 1.00 bits per heavy atom. The fourth-order valence-corrected chi connectivity index (χ4v) is 11.2. The number of benzene rings is 1. The molecule has 1 aromatic rings. The maximum absolute atomic E-state index is 4.13. The van der Waals surface area contributed by atoms with Crippen molar-refractivity contribution in [1.29, 1.82) is 0 Å². The van der Waals surface area contributed by atoms with Crippen LogP contribution in [0.3, 0.4) is 0 Å². The van der Waals surface area contributed by atoms with Crippen LogP contribution in [0.1, 0.15) is 27.2 Å². The first-order valence-electron chi connectivity index (χ1n) is 9.63. The van der Waals surface area contributed by atoms with Crippen LogP contribution in [-0.2, 0) is 0 Å². The second-order valence-electron chi connectivity index (χ2n) is 10.1. The minimum atomic E-state index is -1.50. The van der Waals surface area contributed by atoms with Crippen molar-refractivity contribution in [2.45, 2.75) is 70.6 Å². The Morgan fingerprint density at radius 3 is 2.12 bits per heavy atom.